The molecule has 0 aliphatic carbocycles. The summed E-state index contributed by atoms with van der Waals surface area (Å²) in [6.45, 7) is 7.96. The summed E-state index contributed by atoms with van der Waals surface area (Å²) in [6, 6.07) is 10.2. The van der Waals surface area contributed by atoms with Gasteiger partial charge in [-0.25, -0.2) is 4.68 Å². The summed E-state index contributed by atoms with van der Waals surface area (Å²) in [5.74, 6) is -0.261. The van der Waals surface area contributed by atoms with E-state index in [1.165, 1.54) is 5.69 Å². The Hall–Kier alpha value is -2.34. The summed E-state index contributed by atoms with van der Waals surface area (Å²) in [5, 5.41) is 4.71. The van der Waals surface area contributed by atoms with E-state index in [4.69, 9.17) is 10.8 Å². The van der Waals surface area contributed by atoms with Crippen molar-refractivity contribution >= 4 is 11.6 Å². The van der Waals surface area contributed by atoms with Crippen LogP contribution in [0.1, 0.15) is 11.4 Å². The molecule has 0 spiro atoms. The van der Waals surface area contributed by atoms with Crippen molar-refractivity contribution in [1.82, 2.24) is 14.7 Å². The van der Waals surface area contributed by atoms with Crippen LogP contribution < -0.4 is 10.6 Å². The molecule has 0 unspecified atom stereocenters. The van der Waals surface area contributed by atoms with Gasteiger partial charge in [-0.05, 0) is 26.0 Å². The van der Waals surface area contributed by atoms with E-state index in [2.05, 4.69) is 35.8 Å². The topological polar surface area (TPSA) is 67.4 Å². The molecule has 1 amide bonds. The first-order chi connectivity index (χ1) is 11.1. The van der Waals surface area contributed by atoms with Crippen LogP contribution in [0, 0.1) is 13.8 Å². The molecule has 2 N–H and O–H groups in total. The van der Waals surface area contributed by atoms with E-state index in [1.54, 1.807) is 0 Å². The molecule has 1 fully saturated rings. The van der Waals surface area contributed by atoms with Gasteiger partial charge < -0.3 is 10.6 Å². The Morgan fingerprint density at radius 1 is 1.13 bits per heavy atom. The van der Waals surface area contributed by atoms with E-state index in [9.17, 15) is 4.79 Å². The van der Waals surface area contributed by atoms with Gasteiger partial charge in [-0.15, -0.1) is 0 Å². The SMILES string of the molecule is Cc1nn(-c2ccccc2)c(C)c1N1CCN(CC(N)=O)CC1. The second kappa shape index (κ2) is 6.42. The van der Waals surface area contributed by atoms with Gasteiger partial charge >= 0.3 is 0 Å². The van der Waals surface area contributed by atoms with Gasteiger partial charge in [-0.1, -0.05) is 18.2 Å². The van der Waals surface area contributed by atoms with Gasteiger partial charge in [0.05, 0.1) is 29.3 Å². The summed E-state index contributed by atoms with van der Waals surface area (Å²) in [4.78, 5) is 15.5. The molecule has 1 aromatic heterocycles. The highest BCUT2D eigenvalue weighted by atomic mass is 16.1. The number of hydrogen-bond donors (Lipinski definition) is 1. The zero-order valence-corrected chi connectivity index (χ0v) is 13.7. The maximum atomic E-state index is 11.0. The average Bonchev–Trinajstić information content (AvgIpc) is 2.83. The number of nitrogens with two attached hydrogens (primary N) is 1. The van der Waals surface area contributed by atoms with Crippen LogP contribution in [0.2, 0.25) is 0 Å². The molecular formula is C17H23N5O. The molecular weight excluding hydrogens is 290 g/mol. The lowest BCUT2D eigenvalue weighted by molar-refractivity contribution is -0.119. The van der Waals surface area contributed by atoms with Crippen molar-refractivity contribution in [3.8, 4) is 5.69 Å². The van der Waals surface area contributed by atoms with Crippen molar-refractivity contribution in [3.05, 3.63) is 41.7 Å². The lowest BCUT2D eigenvalue weighted by Crippen LogP contribution is -2.49. The largest absolute Gasteiger partial charge is 0.369 e. The Balaban J connectivity index is 1.79. The first kappa shape index (κ1) is 15.6. The highest BCUT2D eigenvalue weighted by Gasteiger charge is 2.23. The molecule has 0 bridgehead atoms. The minimum Gasteiger partial charge on any atom is -0.369 e. The molecule has 6 heteroatoms. The van der Waals surface area contributed by atoms with Gasteiger partial charge in [0.15, 0.2) is 0 Å². The Kier molecular flexibility index (Phi) is 4.34. The fraction of sp³-hybridized carbons (Fsp3) is 0.412. The normalized spacial score (nSPS) is 15.8. The molecule has 2 heterocycles. The number of primary amides is 1. The summed E-state index contributed by atoms with van der Waals surface area (Å²) in [6.07, 6.45) is 0. The van der Waals surface area contributed by atoms with E-state index >= 15 is 0 Å². The zero-order valence-electron chi connectivity index (χ0n) is 13.7. The van der Waals surface area contributed by atoms with Crippen LogP contribution in [-0.2, 0) is 4.79 Å². The van der Waals surface area contributed by atoms with Gasteiger partial charge in [0.25, 0.3) is 0 Å². The number of hydrogen-bond acceptors (Lipinski definition) is 4. The fourth-order valence-electron chi connectivity index (χ4n) is 3.26. The number of piperazine rings is 1. The van der Waals surface area contributed by atoms with Crippen LogP contribution in [0.5, 0.6) is 0 Å². The van der Waals surface area contributed by atoms with Crippen LogP contribution >= 0.6 is 0 Å². The number of amides is 1. The van der Waals surface area contributed by atoms with Crippen molar-refractivity contribution in [2.24, 2.45) is 5.73 Å². The third kappa shape index (κ3) is 3.22. The van der Waals surface area contributed by atoms with Crippen LogP contribution in [0.25, 0.3) is 5.69 Å². The molecule has 1 aliphatic rings. The van der Waals surface area contributed by atoms with Crippen LogP contribution in [0.15, 0.2) is 30.3 Å². The Morgan fingerprint density at radius 3 is 2.39 bits per heavy atom. The molecule has 0 saturated carbocycles. The average molecular weight is 313 g/mol. The first-order valence-electron chi connectivity index (χ1n) is 7.93. The van der Waals surface area contributed by atoms with Crippen molar-refractivity contribution in [1.29, 1.82) is 0 Å². The molecule has 3 rings (SSSR count). The number of aromatic nitrogens is 2. The molecule has 2 aromatic rings. The predicted molar refractivity (Wildman–Crippen MR) is 90.9 cm³/mol. The van der Waals surface area contributed by atoms with E-state index in [-0.39, 0.29) is 5.91 Å². The minimum atomic E-state index is -0.261. The summed E-state index contributed by atoms with van der Waals surface area (Å²) in [7, 11) is 0. The lowest BCUT2D eigenvalue weighted by Gasteiger charge is -2.35. The smallest absolute Gasteiger partial charge is 0.231 e. The van der Waals surface area contributed by atoms with Crippen LogP contribution in [-0.4, -0.2) is 53.3 Å². The van der Waals surface area contributed by atoms with E-state index in [1.807, 2.05) is 22.9 Å². The summed E-state index contributed by atoms with van der Waals surface area (Å²) >= 11 is 0. The molecule has 122 valence electrons. The molecule has 6 nitrogen and oxygen atoms in total. The molecule has 0 radical (unpaired) electrons. The van der Waals surface area contributed by atoms with Crippen molar-refractivity contribution < 1.29 is 4.79 Å². The third-order valence-electron chi connectivity index (χ3n) is 4.32. The standard InChI is InChI=1S/C17H23N5O/c1-13-17(21-10-8-20(9-11-21)12-16(18)23)14(2)22(19-13)15-6-4-3-5-7-15/h3-7H,8-12H2,1-2H3,(H2,18,23). The number of benzene rings is 1. The van der Waals surface area contributed by atoms with E-state index in [0.717, 1.165) is 43.3 Å². The number of rotatable bonds is 4. The third-order valence-corrected chi connectivity index (χ3v) is 4.32. The number of aryl methyl sites for hydroxylation is 1. The first-order valence-corrected chi connectivity index (χ1v) is 7.93. The van der Waals surface area contributed by atoms with Crippen molar-refractivity contribution in [3.63, 3.8) is 0 Å². The van der Waals surface area contributed by atoms with Crippen molar-refractivity contribution in [2.75, 3.05) is 37.6 Å². The van der Waals surface area contributed by atoms with Gasteiger partial charge in [0, 0.05) is 26.2 Å². The second-order valence-corrected chi connectivity index (χ2v) is 6.00. The Bertz CT molecular complexity index is 687. The van der Waals surface area contributed by atoms with Crippen LogP contribution in [0.3, 0.4) is 0 Å². The highest BCUT2D eigenvalue weighted by Crippen LogP contribution is 2.27. The summed E-state index contributed by atoms with van der Waals surface area (Å²) < 4.78 is 2.00. The van der Waals surface area contributed by atoms with Crippen LogP contribution in [0.4, 0.5) is 5.69 Å². The van der Waals surface area contributed by atoms with E-state index in [0.29, 0.717) is 6.54 Å². The Labute approximate surface area is 136 Å². The minimum absolute atomic E-state index is 0.261. The van der Waals surface area contributed by atoms with Crippen molar-refractivity contribution in [2.45, 2.75) is 13.8 Å². The monoisotopic (exact) mass is 313 g/mol. The van der Waals surface area contributed by atoms with Gasteiger partial charge in [0.1, 0.15) is 0 Å². The molecule has 0 atom stereocenters. The van der Waals surface area contributed by atoms with Gasteiger partial charge in [-0.3, -0.25) is 9.69 Å². The quantitative estimate of drug-likeness (QED) is 0.918. The highest BCUT2D eigenvalue weighted by molar-refractivity contribution is 5.76. The molecule has 23 heavy (non-hydrogen) atoms. The Morgan fingerprint density at radius 2 is 1.78 bits per heavy atom. The number of carbonyl (C=O) groups is 1. The number of carbonyl (C=O) groups excluding carboxylic acids is 1. The summed E-state index contributed by atoms with van der Waals surface area (Å²) in [5.41, 5.74) is 9.74. The second-order valence-electron chi connectivity index (χ2n) is 6.00. The zero-order chi connectivity index (χ0) is 16.4. The molecule has 1 aromatic carbocycles. The lowest BCUT2D eigenvalue weighted by atomic mass is 10.2. The maximum Gasteiger partial charge on any atom is 0.231 e. The molecule has 1 saturated heterocycles. The number of para-hydroxylation sites is 1. The fourth-order valence-corrected chi connectivity index (χ4v) is 3.26. The van der Waals surface area contributed by atoms with E-state index < -0.39 is 0 Å². The number of nitrogens with zero attached hydrogens (tertiary/aromatic N) is 4. The predicted octanol–water partition coefficient (Wildman–Crippen LogP) is 1.10. The van der Waals surface area contributed by atoms with Gasteiger partial charge in [-0.2, -0.15) is 5.10 Å². The maximum absolute atomic E-state index is 11.0. The number of anilines is 1. The molecule has 1 aliphatic heterocycles. The van der Waals surface area contributed by atoms with Gasteiger partial charge in [0.2, 0.25) is 5.91 Å².